The van der Waals surface area contributed by atoms with E-state index in [1.807, 2.05) is 24.3 Å². The summed E-state index contributed by atoms with van der Waals surface area (Å²) in [5.41, 5.74) is 1.24. The third-order valence-corrected chi connectivity index (χ3v) is 6.27. The highest BCUT2D eigenvalue weighted by molar-refractivity contribution is 6.30. The van der Waals surface area contributed by atoms with Crippen LogP contribution in [0.25, 0.3) is 0 Å². The first-order chi connectivity index (χ1) is 13.1. The van der Waals surface area contributed by atoms with Crippen molar-refractivity contribution >= 4 is 17.5 Å². The fourth-order valence-electron chi connectivity index (χ4n) is 4.29. The fourth-order valence-corrected chi connectivity index (χ4v) is 4.42. The maximum absolute atomic E-state index is 12.5. The minimum Gasteiger partial charge on any atom is -0.379 e. The van der Waals surface area contributed by atoms with Crippen LogP contribution in [0.3, 0.4) is 0 Å². The average molecular weight is 394 g/mol. The molecule has 1 aliphatic carbocycles. The molecule has 1 aromatic rings. The number of rotatable bonds is 7. The van der Waals surface area contributed by atoms with Crippen LogP contribution in [-0.2, 0) is 9.53 Å². The molecule has 1 aliphatic heterocycles. The number of nitrogens with one attached hydrogen (secondary N) is 2. The Hall–Kier alpha value is -1.14. The smallest absolute Gasteiger partial charge is 0.234 e. The zero-order valence-electron chi connectivity index (χ0n) is 16.3. The Bertz CT molecular complexity index is 596. The molecule has 0 radical (unpaired) electrons. The Morgan fingerprint density at radius 1 is 1.19 bits per heavy atom. The number of benzene rings is 1. The second-order valence-corrected chi connectivity index (χ2v) is 8.25. The molecular formula is C21H32ClN3O2. The maximum Gasteiger partial charge on any atom is 0.234 e. The van der Waals surface area contributed by atoms with Crippen molar-refractivity contribution in [3.63, 3.8) is 0 Å². The van der Waals surface area contributed by atoms with E-state index in [1.54, 1.807) is 0 Å². The van der Waals surface area contributed by atoms with Gasteiger partial charge in [0, 0.05) is 36.2 Å². The van der Waals surface area contributed by atoms with Crippen LogP contribution in [0, 0.1) is 0 Å². The molecule has 5 nitrogen and oxygen atoms in total. The second kappa shape index (κ2) is 9.87. The van der Waals surface area contributed by atoms with E-state index in [2.05, 4.69) is 22.5 Å². The molecule has 1 heterocycles. The predicted octanol–water partition coefficient (Wildman–Crippen LogP) is 3.14. The Kier molecular flexibility index (Phi) is 7.53. The topological polar surface area (TPSA) is 53.6 Å². The van der Waals surface area contributed by atoms with Gasteiger partial charge >= 0.3 is 0 Å². The zero-order chi connectivity index (χ0) is 19.1. The van der Waals surface area contributed by atoms with Gasteiger partial charge in [0.25, 0.3) is 0 Å². The second-order valence-electron chi connectivity index (χ2n) is 7.82. The van der Waals surface area contributed by atoms with E-state index < -0.39 is 0 Å². The van der Waals surface area contributed by atoms with Crippen LogP contribution >= 0.6 is 11.6 Å². The molecule has 1 saturated carbocycles. The summed E-state index contributed by atoms with van der Waals surface area (Å²) in [4.78, 5) is 15.0. The molecular weight excluding hydrogens is 362 g/mol. The number of morpholine rings is 1. The maximum atomic E-state index is 12.5. The summed E-state index contributed by atoms with van der Waals surface area (Å²) < 4.78 is 5.53. The van der Waals surface area contributed by atoms with Crippen LogP contribution in [0.4, 0.5) is 0 Å². The number of carbonyl (C=O) groups is 1. The lowest BCUT2D eigenvalue weighted by Crippen LogP contribution is -2.60. The van der Waals surface area contributed by atoms with Gasteiger partial charge in [-0.2, -0.15) is 0 Å². The molecule has 0 bridgehead atoms. The third kappa shape index (κ3) is 5.67. The van der Waals surface area contributed by atoms with Crippen molar-refractivity contribution in [1.29, 1.82) is 0 Å². The Labute approximate surface area is 167 Å². The van der Waals surface area contributed by atoms with E-state index in [4.69, 9.17) is 16.3 Å². The van der Waals surface area contributed by atoms with E-state index in [0.717, 1.165) is 43.4 Å². The monoisotopic (exact) mass is 393 g/mol. The molecule has 0 spiro atoms. The minimum absolute atomic E-state index is 0.0639. The van der Waals surface area contributed by atoms with Gasteiger partial charge in [0.05, 0.1) is 19.8 Å². The van der Waals surface area contributed by atoms with Gasteiger partial charge in [0.15, 0.2) is 0 Å². The van der Waals surface area contributed by atoms with Gasteiger partial charge in [-0.1, -0.05) is 43.0 Å². The van der Waals surface area contributed by atoms with Crippen molar-refractivity contribution in [3.05, 3.63) is 34.9 Å². The van der Waals surface area contributed by atoms with Crippen molar-refractivity contribution in [1.82, 2.24) is 15.5 Å². The van der Waals surface area contributed by atoms with E-state index in [9.17, 15) is 4.79 Å². The lowest BCUT2D eigenvalue weighted by molar-refractivity contribution is -0.121. The largest absolute Gasteiger partial charge is 0.379 e. The van der Waals surface area contributed by atoms with E-state index >= 15 is 0 Å². The summed E-state index contributed by atoms with van der Waals surface area (Å²) in [6.45, 7) is 6.67. The normalized spacial score (nSPS) is 21.6. The van der Waals surface area contributed by atoms with Gasteiger partial charge in [0.1, 0.15) is 0 Å². The molecule has 0 aromatic heterocycles. The van der Waals surface area contributed by atoms with Crippen LogP contribution in [0.15, 0.2) is 24.3 Å². The van der Waals surface area contributed by atoms with E-state index in [1.165, 1.54) is 32.1 Å². The molecule has 1 saturated heterocycles. The first-order valence-corrected chi connectivity index (χ1v) is 10.6. The van der Waals surface area contributed by atoms with Crippen LogP contribution in [0.5, 0.6) is 0 Å². The Morgan fingerprint density at radius 3 is 2.52 bits per heavy atom. The van der Waals surface area contributed by atoms with Gasteiger partial charge in [-0.3, -0.25) is 9.69 Å². The van der Waals surface area contributed by atoms with Crippen LogP contribution < -0.4 is 10.6 Å². The quantitative estimate of drug-likeness (QED) is 0.747. The lowest BCUT2D eigenvalue weighted by Gasteiger charge is -2.48. The number of halogens is 1. The minimum atomic E-state index is 0.0639. The van der Waals surface area contributed by atoms with E-state index in [-0.39, 0.29) is 17.5 Å². The van der Waals surface area contributed by atoms with Gasteiger partial charge in [-0.15, -0.1) is 0 Å². The highest BCUT2D eigenvalue weighted by Crippen LogP contribution is 2.33. The number of hydrogen-bond donors (Lipinski definition) is 2. The molecule has 2 N–H and O–H groups in total. The molecule has 150 valence electrons. The number of hydrogen-bond acceptors (Lipinski definition) is 4. The van der Waals surface area contributed by atoms with Crippen molar-refractivity contribution in [2.45, 2.75) is 50.6 Å². The molecule has 1 atom stereocenters. The number of amides is 1. The summed E-state index contributed by atoms with van der Waals surface area (Å²) in [5, 5.41) is 7.24. The van der Waals surface area contributed by atoms with Crippen LogP contribution in [0.1, 0.15) is 50.6 Å². The van der Waals surface area contributed by atoms with Crippen LogP contribution in [0.2, 0.25) is 5.02 Å². The van der Waals surface area contributed by atoms with Crippen molar-refractivity contribution in [3.8, 4) is 0 Å². The average Bonchev–Trinajstić information content (AvgIpc) is 2.72. The molecule has 6 heteroatoms. The zero-order valence-corrected chi connectivity index (χ0v) is 17.1. The summed E-state index contributed by atoms with van der Waals surface area (Å²) in [6.07, 6.45) is 6.14. The third-order valence-electron chi connectivity index (χ3n) is 6.02. The molecule has 0 unspecified atom stereocenters. The van der Waals surface area contributed by atoms with Crippen molar-refractivity contribution in [2.75, 3.05) is 39.4 Å². The number of carbonyl (C=O) groups excluding carboxylic acids is 1. The Morgan fingerprint density at radius 2 is 1.85 bits per heavy atom. The van der Waals surface area contributed by atoms with Crippen molar-refractivity contribution < 1.29 is 9.53 Å². The number of ether oxygens (including phenoxy) is 1. The van der Waals surface area contributed by atoms with Crippen molar-refractivity contribution in [2.24, 2.45) is 0 Å². The molecule has 27 heavy (non-hydrogen) atoms. The molecule has 1 aromatic carbocycles. The fraction of sp³-hybridized carbons (Fsp3) is 0.667. The summed E-state index contributed by atoms with van der Waals surface area (Å²) >= 11 is 5.94. The standard InChI is InChI=1S/C21H32ClN3O2/c1-17(18-5-7-19(22)8-6-18)23-15-20(26)24-16-21(9-3-2-4-10-21)25-11-13-27-14-12-25/h5-8,17,23H,2-4,9-16H2,1H3,(H,24,26)/t17-/m1/s1. The highest BCUT2D eigenvalue weighted by atomic mass is 35.5. The molecule has 1 amide bonds. The Balaban J connectivity index is 1.49. The highest BCUT2D eigenvalue weighted by Gasteiger charge is 2.38. The summed E-state index contributed by atoms with van der Waals surface area (Å²) in [7, 11) is 0. The first kappa shape index (κ1) is 20.6. The first-order valence-electron chi connectivity index (χ1n) is 10.2. The predicted molar refractivity (Wildman–Crippen MR) is 109 cm³/mol. The van der Waals surface area contributed by atoms with Gasteiger partial charge < -0.3 is 15.4 Å². The van der Waals surface area contributed by atoms with E-state index in [0.29, 0.717) is 6.54 Å². The molecule has 2 aliphatic rings. The summed E-state index contributed by atoms with van der Waals surface area (Å²) in [5.74, 6) is 0.0639. The van der Waals surface area contributed by atoms with Crippen LogP contribution in [-0.4, -0.2) is 55.7 Å². The summed E-state index contributed by atoms with van der Waals surface area (Å²) in [6, 6.07) is 7.85. The molecule has 2 fully saturated rings. The van der Waals surface area contributed by atoms with Gasteiger partial charge in [0.2, 0.25) is 5.91 Å². The SMILES string of the molecule is C[C@@H](NCC(=O)NCC1(N2CCOCC2)CCCCC1)c1ccc(Cl)cc1. The van der Waals surface area contributed by atoms with Gasteiger partial charge in [-0.25, -0.2) is 0 Å². The number of nitrogens with zero attached hydrogens (tertiary/aromatic N) is 1. The van der Waals surface area contributed by atoms with Gasteiger partial charge in [-0.05, 0) is 37.5 Å². The lowest BCUT2D eigenvalue weighted by atomic mass is 9.79. The molecule has 3 rings (SSSR count).